The number of anilines is 1. The lowest BCUT2D eigenvalue weighted by Crippen LogP contribution is -2.25. The van der Waals surface area contributed by atoms with Gasteiger partial charge in [0.1, 0.15) is 17.6 Å². The van der Waals surface area contributed by atoms with Crippen molar-refractivity contribution in [1.82, 2.24) is 25.1 Å². The number of hydrogen-bond acceptors (Lipinski definition) is 6. The highest BCUT2D eigenvalue weighted by Crippen LogP contribution is 2.41. The first-order valence-corrected chi connectivity index (χ1v) is 9.88. The molecular weight excluding hydrogens is 407 g/mol. The van der Waals surface area contributed by atoms with Crippen molar-refractivity contribution in [2.45, 2.75) is 37.8 Å². The van der Waals surface area contributed by atoms with Crippen molar-refractivity contribution >= 4 is 18.2 Å². The maximum atomic E-state index is 14.0. The van der Waals surface area contributed by atoms with Crippen LogP contribution in [0.5, 0.6) is 5.75 Å². The summed E-state index contributed by atoms with van der Waals surface area (Å²) in [6, 6.07) is 6.88. The molecule has 0 saturated carbocycles. The molecule has 30 heavy (non-hydrogen) atoms. The minimum atomic E-state index is -0.601. The SMILES string of the molecule is C[C@@H](Oc1cc(-c2cc3n(n2)CC[C@@]32CCNC2)cnc1N)c1ncccc1F.Cl. The lowest BCUT2D eigenvalue weighted by molar-refractivity contribution is 0.216. The van der Waals surface area contributed by atoms with Gasteiger partial charge in [0.15, 0.2) is 11.6 Å². The summed E-state index contributed by atoms with van der Waals surface area (Å²) in [4.78, 5) is 8.35. The topological polar surface area (TPSA) is 90.9 Å². The second-order valence-corrected chi connectivity index (χ2v) is 7.83. The number of nitrogens with two attached hydrogens (primary N) is 1. The molecule has 1 fully saturated rings. The van der Waals surface area contributed by atoms with E-state index in [9.17, 15) is 4.39 Å². The molecule has 7 nitrogen and oxygen atoms in total. The van der Waals surface area contributed by atoms with Gasteiger partial charge in [0, 0.05) is 42.2 Å². The van der Waals surface area contributed by atoms with E-state index in [0.717, 1.165) is 43.7 Å². The van der Waals surface area contributed by atoms with E-state index in [1.807, 2.05) is 6.07 Å². The summed E-state index contributed by atoms with van der Waals surface area (Å²) in [5, 5.41) is 8.26. The maximum absolute atomic E-state index is 14.0. The number of nitrogens with one attached hydrogen (secondary N) is 1. The highest BCUT2D eigenvalue weighted by molar-refractivity contribution is 5.85. The van der Waals surface area contributed by atoms with Gasteiger partial charge in [-0.05, 0) is 50.6 Å². The molecule has 0 aromatic carbocycles. The maximum Gasteiger partial charge on any atom is 0.166 e. The van der Waals surface area contributed by atoms with Gasteiger partial charge in [-0.1, -0.05) is 0 Å². The minimum Gasteiger partial charge on any atom is -0.480 e. The van der Waals surface area contributed by atoms with E-state index in [0.29, 0.717) is 5.75 Å². The molecule has 2 aliphatic rings. The van der Waals surface area contributed by atoms with Crippen LogP contribution in [-0.2, 0) is 12.0 Å². The normalized spacial score (nSPS) is 20.7. The Morgan fingerprint density at radius 1 is 1.30 bits per heavy atom. The Morgan fingerprint density at radius 3 is 2.93 bits per heavy atom. The van der Waals surface area contributed by atoms with Crippen LogP contribution in [0.4, 0.5) is 10.2 Å². The van der Waals surface area contributed by atoms with E-state index in [-0.39, 0.29) is 29.3 Å². The van der Waals surface area contributed by atoms with Gasteiger partial charge in [0.25, 0.3) is 0 Å². The fourth-order valence-corrected chi connectivity index (χ4v) is 4.41. The van der Waals surface area contributed by atoms with Crippen molar-refractivity contribution in [2.75, 3.05) is 18.8 Å². The van der Waals surface area contributed by atoms with E-state index in [1.165, 1.54) is 18.0 Å². The molecule has 0 unspecified atom stereocenters. The van der Waals surface area contributed by atoms with Crippen LogP contribution >= 0.6 is 12.4 Å². The summed E-state index contributed by atoms with van der Waals surface area (Å²) >= 11 is 0. The number of nitrogen functional groups attached to an aromatic ring is 1. The van der Waals surface area contributed by atoms with Crippen molar-refractivity contribution in [2.24, 2.45) is 0 Å². The van der Waals surface area contributed by atoms with Crippen LogP contribution in [0.1, 0.15) is 37.3 Å². The van der Waals surface area contributed by atoms with E-state index >= 15 is 0 Å². The van der Waals surface area contributed by atoms with E-state index in [1.54, 1.807) is 19.2 Å². The van der Waals surface area contributed by atoms with Gasteiger partial charge in [0.05, 0.1) is 5.69 Å². The Bertz CT molecular complexity index is 1070. The molecular formula is C21H24ClFN6O. The predicted octanol–water partition coefficient (Wildman–Crippen LogP) is 3.26. The molecule has 9 heteroatoms. The fourth-order valence-electron chi connectivity index (χ4n) is 4.41. The van der Waals surface area contributed by atoms with Crippen LogP contribution in [0.3, 0.4) is 0 Å². The second-order valence-electron chi connectivity index (χ2n) is 7.83. The number of nitrogens with zero attached hydrogens (tertiary/aromatic N) is 4. The fraction of sp³-hybridized carbons (Fsp3) is 0.381. The highest BCUT2D eigenvalue weighted by atomic mass is 35.5. The average molecular weight is 431 g/mol. The Kier molecular flexibility index (Phi) is 5.38. The quantitative estimate of drug-likeness (QED) is 0.660. The van der Waals surface area contributed by atoms with Crippen molar-refractivity contribution in [3.63, 3.8) is 0 Å². The lowest BCUT2D eigenvalue weighted by atomic mass is 9.82. The summed E-state index contributed by atoms with van der Waals surface area (Å²) in [6.45, 7) is 4.71. The summed E-state index contributed by atoms with van der Waals surface area (Å²) in [6.07, 6.45) is 4.90. The number of ether oxygens (including phenoxy) is 1. The smallest absolute Gasteiger partial charge is 0.166 e. The van der Waals surface area contributed by atoms with Crippen LogP contribution in [0.15, 0.2) is 36.7 Å². The standard InChI is InChI=1S/C21H23FN6O.ClH/c1-13(19-15(22)3-2-6-25-19)29-17-9-14(11-26-20(17)23)16-10-18-21(4-7-24-12-21)5-8-28(18)27-16;/h2-3,6,9-11,13,24H,4-5,7-8,12H2,1H3,(H2,23,26);1H/t13-,21-;/m1./s1. The van der Waals surface area contributed by atoms with Gasteiger partial charge < -0.3 is 15.8 Å². The van der Waals surface area contributed by atoms with E-state index in [4.69, 9.17) is 15.6 Å². The Morgan fingerprint density at radius 2 is 2.17 bits per heavy atom. The molecule has 2 aliphatic heterocycles. The monoisotopic (exact) mass is 430 g/mol. The van der Waals surface area contributed by atoms with Crippen molar-refractivity contribution in [3.8, 4) is 17.0 Å². The first-order valence-electron chi connectivity index (χ1n) is 9.88. The van der Waals surface area contributed by atoms with Crippen LogP contribution in [0, 0.1) is 5.82 Å². The highest BCUT2D eigenvalue weighted by Gasteiger charge is 2.42. The van der Waals surface area contributed by atoms with Gasteiger partial charge in [0.2, 0.25) is 0 Å². The molecule has 3 aromatic rings. The van der Waals surface area contributed by atoms with E-state index in [2.05, 4.69) is 26.0 Å². The third-order valence-corrected chi connectivity index (χ3v) is 6.02. The zero-order valence-corrected chi connectivity index (χ0v) is 17.5. The van der Waals surface area contributed by atoms with Gasteiger partial charge in [-0.25, -0.2) is 9.37 Å². The summed E-state index contributed by atoms with van der Waals surface area (Å²) in [7, 11) is 0. The second kappa shape index (κ2) is 7.85. The molecule has 2 atom stereocenters. The van der Waals surface area contributed by atoms with Gasteiger partial charge in [-0.3, -0.25) is 9.67 Å². The molecule has 5 heterocycles. The van der Waals surface area contributed by atoms with E-state index < -0.39 is 11.9 Å². The number of fused-ring (bicyclic) bond motifs is 2. The molecule has 3 N–H and O–H groups in total. The molecule has 0 aliphatic carbocycles. The predicted molar refractivity (Wildman–Crippen MR) is 114 cm³/mol. The molecule has 0 radical (unpaired) electrons. The Labute approximate surface area is 180 Å². The molecule has 0 bridgehead atoms. The number of rotatable bonds is 4. The number of halogens is 2. The summed E-state index contributed by atoms with van der Waals surface area (Å²) in [5.74, 6) is 0.231. The zero-order chi connectivity index (χ0) is 20.0. The van der Waals surface area contributed by atoms with Crippen molar-refractivity contribution in [3.05, 3.63) is 53.9 Å². The number of pyridine rings is 2. The van der Waals surface area contributed by atoms with Crippen LogP contribution in [-0.4, -0.2) is 32.8 Å². The zero-order valence-electron chi connectivity index (χ0n) is 16.6. The van der Waals surface area contributed by atoms with Crippen molar-refractivity contribution in [1.29, 1.82) is 0 Å². The van der Waals surface area contributed by atoms with Crippen LogP contribution in [0.25, 0.3) is 11.3 Å². The molecule has 0 amide bonds. The average Bonchev–Trinajstić information content (AvgIpc) is 3.43. The summed E-state index contributed by atoms with van der Waals surface area (Å²) in [5.41, 5.74) is 9.39. The third-order valence-electron chi connectivity index (χ3n) is 6.02. The van der Waals surface area contributed by atoms with Gasteiger partial charge in [-0.2, -0.15) is 5.10 Å². The number of aromatic nitrogens is 4. The molecule has 1 spiro atoms. The molecule has 158 valence electrons. The summed E-state index contributed by atoms with van der Waals surface area (Å²) < 4.78 is 22.0. The lowest BCUT2D eigenvalue weighted by Gasteiger charge is -2.20. The Balaban J connectivity index is 0.00000218. The third kappa shape index (κ3) is 3.40. The first-order chi connectivity index (χ1) is 14.1. The molecule has 5 rings (SSSR count). The van der Waals surface area contributed by atoms with Crippen LogP contribution in [0.2, 0.25) is 0 Å². The first kappa shape index (κ1) is 20.6. The molecule has 1 saturated heterocycles. The molecule has 3 aromatic heterocycles. The Hall–Kier alpha value is -2.71. The van der Waals surface area contributed by atoms with Crippen molar-refractivity contribution < 1.29 is 9.13 Å². The van der Waals surface area contributed by atoms with Gasteiger partial charge >= 0.3 is 0 Å². The van der Waals surface area contributed by atoms with Gasteiger partial charge in [-0.15, -0.1) is 12.4 Å². The number of hydrogen-bond donors (Lipinski definition) is 2. The number of aryl methyl sites for hydroxylation is 1. The minimum absolute atomic E-state index is 0. The van der Waals surface area contributed by atoms with Crippen LogP contribution < -0.4 is 15.8 Å². The largest absolute Gasteiger partial charge is 0.480 e.